The first kappa shape index (κ1) is 21.5. The van der Waals surface area contributed by atoms with Crippen molar-refractivity contribution >= 4 is 33.1 Å². The minimum atomic E-state index is -0.991. The third-order valence-corrected chi connectivity index (χ3v) is 6.42. The van der Waals surface area contributed by atoms with Crippen LogP contribution in [-0.4, -0.2) is 5.91 Å². The Morgan fingerprint density at radius 1 is 0.706 bits per heavy atom. The molecule has 5 aromatic rings. The van der Waals surface area contributed by atoms with Gasteiger partial charge in [-0.05, 0) is 40.3 Å². The van der Waals surface area contributed by atoms with Crippen LogP contribution in [0.4, 0.5) is 5.69 Å². The van der Waals surface area contributed by atoms with Crippen molar-refractivity contribution in [2.45, 2.75) is 18.8 Å². The maximum absolute atomic E-state index is 14.0. The van der Waals surface area contributed by atoms with Crippen molar-refractivity contribution in [3.63, 3.8) is 0 Å². The van der Waals surface area contributed by atoms with Crippen LogP contribution in [0, 0.1) is 11.8 Å². The summed E-state index contributed by atoms with van der Waals surface area (Å²) >= 11 is 0. The topological polar surface area (TPSA) is 29.1 Å². The third kappa shape index (κ3) is 3.93. The lowest BCUT2D eigenvalue weighted by Gasteiger charge is -2.27. The maximum Gasteiger partial charge on any atom is 0.247 e. The molecule has 0 aliphatic heterocycles. The Bertz CT molecular complexity index is 1530. The molecule has 1 amide bonds. The van der Waals surface area contributed by atoms with E-state index in [1.165, 1.54) is 0 Å². The molecule has 0 radical (unpaired) electrons. The standard InChI is InChI=1S/C32H25NO/c1-2-32(27-17-4-3-5-18-27,23-22-26-15-10-14-24-12-6-8-19-28(24)26)31(34)33-30-21-11-16-25-13-7-9-20-29(25)30/h3-21H,2H2,1H3,(H,33,34)/t32-/m1/s1. The Labute approximate surface area is 200 Å². The van der Waals surface area contributed by atoms with E-state index < -0.39 is 5.41 Å². The summed E-state index contributed by atoms with van der Waals surface area (Å²) in [5, 5.41) is 7.53. The number of carbonyl (C=O) groups is 1. The second-order valence-corrected chi connectivity index (χ2v) is 8.38. The summed E-state index contributed by atoms with van der Waals surface area (Å²) in [6, 6.07) is 38.2. The number of carbonyl (C=O) groups excluding carboxylic acids is 1. The molecule has 0 aliphatic carbocycles. The molecule has 0 fully saturated rings. The lowest BCUT2D eigenvalue weighted by atomic mass is 9.77. The Morgan fingerprint density at radius 2 is 1.29 bits per heavy atom. The normalized spacial score (nSPS) is 12.5. The van der Waals surface area contributed by atoms with E-state index in [-0.39, 0.29) is 5.91 Å². The van der Waals surface area contributed by atoms with Crippen molar-refractivity contribution in [3.05, 3.63) is 126 Å². The molecule has 1 atom stereocenters. The molecule has 34 heavy (non-hydrogen) atoms. The zero-order valence-electron chi connectivity index (χ0n) is 19.1. The largest absolute Gasteiger partial charge is 0.324 e. The Hall–Kier alpha value is -4.35. The van der Waals surface area contributed by atoms with Crippen LogP contribution >= 0.6 is 0 Å². The van der Waals surface area contributed by atoms with Gasteiger partial charge in [-0.25, -0.2) is 0 Å². The predicted molar refractivity (Wildman–Crippen MR) is 142 cm³/mol. The first-order chi connectivity index (χ1) is 16.7. The van der Waals surface area contributed by atoms with Gasteiger partial charge >= 0.3 is 0 Å². The van der Waals surface area contributed by atoms with Crippen LogP contribution in [0.5, 0.6) is 0 Å². The fourth-order valence-electron chi connectivity index (χ4n) is 4.51. The van der Waals surface area contributed by atoms with Gasteiger partial charge in [0.15, 0.2) is 0 Å². The first-order valence-electron chi connectivity index (χ1n) is 11.6. The highest BCUT2D eigenvalue weighted by molar-refractivity contribution is 6.07. The molecule has 2 heteroatoms. The first-order valence-corrected chi connectivity index (χ1v) is 11.6. The van der Waals surface area contributed by atoms with E-state index >= 15 is 0 Å². The molecule has 0 aromatic heterocycles. The van der Waals surface area contributed by atoms with Crippen LogP contribution in [0.25, 0.3) is 21.5 Å². The summed E-state index contributed by atoms with van der Waals surface area (Å²) in [6.07, 6.45) is 0.547. The highest BCUT2D eigenvalue weighted by Gasteiger charge is 2.37. The summed E-state index contributed by atoms with van der Waals surface area (Å²) in [5.74, 6) is 6.66. The summed E-state index contributed by atoms with van der Waals surface area (Å²) in [4.78, 5) is 14.0. The van der Waals surface area contributed by atoms with Crippen LogP contribution in [0.2, 0.25) is 0 Å². The summed E-state index contributed by atoms with van der Waals surface area (Å²) in [6.45, 7) is 2.02. The number of benzene rings is 5. The molecule has 0 saturated carbocycles. The summed E-state index contributed by atoms with van der Waals surface area (Å²) in [5.41, 5.74) is 1.62. The minimum Gasteiger partial charge on any atom is -0.324 e. The monoisotopic (exact) mass is 439 g/mol. The van der Waals surface area contributed by atoms with E-state index in [1.807, 2.05) is 91.9 Å². The van der Waals surface area contributed by atoms with E-state index in [0.29, 0.717) is 6.42 Å². The van der Waals surface area contributed by atoms with Gasteiger partial charge in [-0.15, -0.1) is 0 Å². The smallest absolute Gasteiger partial charge is 0.247 e. The molecular weight excluding hydrogens is 414 g/mol. The van der Waals surface area contributed by atoms with E-state index in [0.717, 1.165) is 38.4 Å². The molecule has 1 N–H and O–H groups in total. The number of anilines is 1. The van der Waals surface area contributed by atoms with Gasteiger partial charge in [0.25, 0.3) is 0 Å². The number of hydrogen-bond donors (Lipinski definition) is 1. The van der Waals surface area contributed by atoms with Gasteiger partial charge in [-0.3, -0.25) is 4.79 Å². The quantitative estimate of drug-likeness (QED) is 0.292. The minimum absolute atomic E-state index is 0.120. The lowest BCUT2D eigenvalue weighted by Crippen LogP contribution is -2.39. The van der Waals surface area contributed by atoms with Gasteiger partial charge in [0.05, 0.1) is 0 Å². The van der Waals surface area contributed by atoms with E-state index in [2.05, 4.69) is 47.5 Å². The van der Waals surface area contributed by atoms with E-state index in [1.54, 1.807) is 0 Å². The maximum atomic E-state index is 14.0. The van der Waals surface area contributed by atoms with Crippen LogP contribution in [-0.2, 0) is 10.2 Å². The van der Waals surface area contributed by atoms with Crippen molar-refractivity contribution in [2.75, 3.05) is 5.32 Å². The highest BCUT2D eigenvalue weighted by Crippen LogP contribution is 2.32. The van der Waals surface area contributed by atoms with Crippen molar-refractivity contribution in [1.82, 2.24) is 0 Å². The molecule has 164 valence electrons. The molecule has 2 nitrogen and oxygen atoms in total. The molecule has 0 aliphatic rings. The number of amides is 1. The molecule has 0 saturated heterocycles. The van der Waals surface area contributed by atoms with Crippen molar-refractivity contribution in [3.8, 4) is 11.8 Å². The van der Waals surface area contributed by atoms with Gasteiger partial charge in [-0.2, -0.15) is 0 Å². The zero-order valence-corrected chi connectivity index (χ0v) is 19.1. The van der Waals surface area contributed by atoms with Gasteiger partial charge in [0.1, 0.15) is 5.41 Å². The van der Waals surface area contributed by atoms with E-state index in [4.69, 9.17) is 0 Å². The van der Waals surface area contributed by atoms with Crippen LogP contribution in [0.1, 0.15) is 24.5 Å². The molecular formula is C32H25NO. The van der Waals surface area contributed by atoms with Gasteiger partial charge < -0.3 is 5.32 Å². The zero-order chi connectivity index (χ0) is 23.4. The second-order valence-electron chi connectivity index (χ2n) is 8.38. The average molecular weight is 440 g/mol. The average Bonchev–Trinajstić information content (AvgIpc) is 2.90. The number of hydrogen-bond acceptors (Lipinski definition) is 1. The SMILES string of the molecule is CC[C@](C#Cc1cccc2ccccc12)(C(=O)Nc1cccc2ccccc12)c1ccccc1. The number of nitrogens with one attached hydrogen (secondary N) is 1. The molecule has 5 aromatic carbocycles. The summed E-state index contributed by atoms with van der Waals surface area (Å²) in [7, 11) is 0. The third-order valence-electron chi connectivity index (χ3n) is 6.42. The summed E-state index contributed by atoms with van der Waals surface area (Å²) < 4.78 is 0. The van der Waals surface area contributed by atoms with E-state index in [9.17, 15) is 4.79 Å². The van der Waals surface area contributed by atoms with Crippen LogP contribution in [0.3, 0.4) is 0 Å². The van der Waals surface area contributed by atoms with Gasteiger partial charge in [0.2, 0.25) is 5.91 Å². The molecule has 0 heterocycles. The molecule has 0 bridgehead atoms. The predicted octanol–water partition coefficient (Wildman–Crippen LogP) is 7.33. The number of fused-ring (bicyclic) bond motifs is 2. The Balaban J connectivity index is 1.63. The van der Waals surface area contributed by atoms with Crippen molar-refractivity contribution < 1.29 is 4.79 Å². The van der Waals surface area contributed by atoms with Crippen LogP contribution in [0.15, 0.2) is 115 Å². The lowest BCUT2D eigenvalue weighted by molar-refractivity contribution is -0.119. The number of rotatable bonds is 4. The van der Waals surface area contributed by atoms with Gasteiger partial charge in [-0.1, -0.05) is 122 Å². The van der Waals surface area contributed by atoms with Gasteiger partial charge in [0, 0.05) is 16.6 Å². The second kappa shape index (κ2) is 9.25. The molecule has 0 spiro atoms. The van der Waals surface area contributed by atoms with Crippen molar-refractivity contribution in [2.24, 2.45) is 0 Å². The van der Waals surface area contributed by atoms with Crippen molar-refractivity contribution in [1.29, 1.82) is 0 Å². The molecule has 5 rings (SSSR count). The van der Waals surface area contributed by atoms with Crippen LogP contribution < -0.4 is 5.32 Å². The fourth-order valence-corrected chi connectivity index (χ4v) is 4.51. The fraction of sp³-hybridized carbons (Fsp3) is 0.0938. The highest BCUT2D eigenvalue weighted by atomic mass is 16.2. The molecule has 0 unspecified atom stereocenters. The Kier molecular flexibility index (Phi) is 5.85. The Morgan fingerprint density at radius 3 is 2.03 bits per heavy atom.